The first kappa shape index (κ1) is 10.9. The number of nitrogens with zero attached hydrogens (tertiary/aromatic N) is 3. The van der Waals surface area contributed by atoms with E-state index >= 15 is 0 Å². The quantitative estimate of drug-likeness (QED) is 0.798. The van der Waals surface area contributed by atoms with Crippen LogP contribution in [0, 0.1) is 6.57 Å². The first-order valence-electron chi connectivity index (χ1n) is 4.89. The van der Waals surface area contributed by atoms with Crippen LogP contribution in [0.5, 0.6) is 6.01 Å². The molecule has 5 nitrogen and oxygen atoms in total. The van der Waals surface area contributed by atoms with Crippen molar-refractivity contribution in [1.29, 1.82) is 0 Å². The summed E-state index contributed by atoms with van der Waals surface area (Å²) < 4.78 is 4.95. The van der Waals surface area contributed by atoms with Crippen molar-refractivity contribution < 1.29 is 4.74 Å². The fourth-order valence-electron chi connectivity index (χ4n) is 1.39. The average Bonchev–Trinajstić information content (AvgIpc) is 2.38. The van der Waals surface area contributed by atoms with E-state index in [1.807, 2.05) is 12.1 Å². The molecule has 2 rings (SSSR count). The van der Waals surface area contributed by atoms with Crippen LogP contribution in [-0.2, 0) is 0 Å². The van der Waals surface area contributed by atoms with Gasteiger partial charge in [-0.05, 0) is 5.56 Å². The van der Waals surface area contributed by atoms with Crippen LogP contribution in [0.1, 0.15) is 0 Å². The van der Waals surface area contributed by atoms with Gasteiger partial charge in [-0.25, -0.2) is 4.85 Å². The minimum Gasteiger partial charge on any atom is -0.467 e. The van der Waals surface area contributed by atoms with Crippen LogP contribution in [0.2, 0.25) is 0 Å². The minimum atomic E-state index is 0.231. The number of nitrogens with two attached hydrogens (primary N) is 1. The van der Waals surface area contributed by atoms with E-state index in [-0.39, 0.29) is 6.01 Å². The van der Waals surface area contributed by atoms with E-state index in [2.05, 4.69) is 14.8 Å². The number of nitrogen functional groups attached to an aromatic ring is 1. The van der Waals surface area contributed by atoms with E-state index < -0.39 is 0 Å². The van der Waals surface area contributed by atoms with Crippen LogP contribution < -0.4 is 10.5 Å². The Kier molecular flexibility index (Phi) is 2.88. The maximum Gasteiger partial charge on any atom is 0.318 e. The molecule has 2 N–H and O–H groups in total. The molecule has 1 aromatic carbocycles. The van der Waals surface area contributed by atoms with E-state index in [1.165, 1.54) is 7.11 Å². The first-order chi connectivity index (χ1) is 8.22. The Morgan fingerprint density at radius 2 is 1.94 bits per heavy atom. The lowest BCUT2D eigenvalue weighted by atomic mass is 10.1. The smallest absolute Gasteiger partial charge is 0.318 e. The standard InChI is InChI=1S/C12H10N4O/c1-14-9-5-3-8(4-6-9)10-7-11(13)16-12(15-10)17-2/h3-7H,2H3,(H2,13,15,16). The molecule has 0 aliphatic carbocycles. The fourth-order valence-corrected chi connectivity index (χ4v) is 1.39. The first-order valence-corrected chi connectivity index (χ1v) is 4.89. The number of ether oxygens (including phenoxy) is 1. The van der Waals surface area contributed by atoms with Crippen LogP contribution in [-0.4, -0.2) is 17.1 Å². The molecule has 0 bridgehead atoms. The SMILES string of the molecule is [C-]#[N+]c1ccc(-c2cc(N)nc(OC)n2)cc1. The molecule has 17 heavy (non-hydrogen) atoms. The highest BCUT2D eigenvalue weighted by atomic mass is 16.5. The maximum atomic E-state index is 6.88. The third-order valence-electron chi connectivity index (χ3n) is 2.20. The van der Waals surface area contributed by atoms with Gasteiger partial charge in [0.15, 0.2) is 5.69 Å². The Labute approximate surface area is 98.7 Å². The molecule has 1 aromatic heterocycles. The third-order valence-corrected chi connectivity index (χ3v) is 2.20. The molecule has 0 unspecified atom stereocenters. The lowest BCUT2D eigenvalue weighted by Crippen LogP contribution is -1.98. The predicted octanol–water partition coefficient (Wildman–Crippen LogP) is 2.29. The second kappa shape index (κ2) is 4.49. The molecule has 0 saturated carbocycles. The molecule has 0 spiro atoms. The number of methoxy groups -OCH3 is 1. The van der Waals surface area contributed by atoms with Crippen molar-refractivity contribution in [3.63, 3.8) is 0 Å². The zero-order valence-electron chi connectivity index (χ0n) is 9.21. The summed E-state index contributed by atoms with van der Waals surface area (Å²) >= 11 is 0. The van der Waals surface area contributed by atoms with Crippen molar-refractivity contribution in [3.05, 3.63) is 41.7 Å². The Morgan fingerprint density at radius 3 is 2.53 bits per heavy atom. The van der Waals surface area contributed by atoms with Crippen LogP contribution >= 0.6 is 0 Å². The summed E-state index contributed by atoms with van der Waals surface area (Å²) in [7, 11) is 1.49. The molecule has 5 heteroatoms. The molecule has 0 saturated heterocycles. The summed E-state index contributed by atoms with van der Waals surface area (Å²) in [6, 6.07) is 8.98. The van der Waals surface area contributed by atoms with Gasteiger partial charge in [-0.2, -0.15) is 9.97 Å². The van der Waals surface area contributed by atoms with Crippen molar-refractivity contribution in [2.45, 2.75) is 0 Å². The summed E-state index contributed by atoms with van der Waals surface area (Å²) in [5.41, 5.74) is 7.77. The predicted molar refractivity (Wildman–Crippen MR) is 64.7 cm³/mol. The monoisotopic (exact) mass is 226 g/mol. The number of aromatic nitrogens is 2. The molecule has 84 valence electrons. The Balaban J connectivity index is 2.45. The zero-order chi connectivity index (χ0) is 12.3. The van der Waals surface area contributed by atoms with Gasteiger partial charge < -0.3 is 10.5 Å². The molecule has 0 aliphatic rings. The average molecular weight is 226 g/mol. The third kappa shape index (κ3) is 2.32. The van der Waals surface area contributed by atoms with Gasteiger partial charge in [-0.15, -0.1) is 0 Å². The second-order valence-electron chi connectivity index (χ2n) is 3.32. The highest BCUT2D eigenvalue weighted by molar-refractivity contribution is 5.65. The van der Waals surface area contributed by atoms with E-state index in [9.17, 15) is 0 Å². The molecule has 2 aromatic rings. The van der Waals surface area contributed by atoms with Crippen LogP contribution in [0.15, 0.2) is 30.3 Å². The highest BCUT2D eigenvalue weighted by Gasteiger charge is 2.05. The maximum absolute atomic E-state index is 6.88. The van der Waals surface area contributed by atoms with E-state index in [1.54, 1.807) is 18.2 Å². The molecular formula is C12H10N4O. The van der Waals surface area contributed by atoms with Crippen LogP contribution in [0.4, 0.5) is 11.5 Å². The van der Waals surface area contributed by atoms with E-state index in [0.717, 1.165) is 5.56 Å². The summed E-state index contributed by atoms with van der Waals surface area (Å²) in [4.78, 5) is 11.4. The van der Waals surface area contributed by atoms with Crippen molar-refractivity contribution in [2.24, 2.45) is 0 Å². The molecule has 0 fully saturated rings. The molecule has 0 atom stereocenters. The van der Waals surface area contributed by atoms with Gasteiger partial charge in [0.2, 0.25) is 0 Å². The van der Waals surface area contributed by atoms with Crippen LogP contribution in [0.3, 0.4) is 0 Å². The number of benzene rings is 1. The van der Waals surface area contributed by atoms with Gasteiger partial charge in [-0.1, -0.05) is 24.3 Å². The van der Waals surface area contributed by atoms with Gasteiger partial charge in [0, 0.05) is 6.07 Å². The molecule has 0 radical (unpaired) electrons. The Hall–Kier alpha value is -2.61. The lowest BCUT2D eigenvalue weighted by Gasteiger charge is -2.04. The van der Waals surface area contributed by atoms with Crippen molar-refractivity contribution in [2.75, 3.05) is 12.8 Å². The van der Waals surface area contributed by atoms with Gasteiger partial charge in [0.25, 0.3) is 0 Å². The van der Waals surface area contributed by atoms with E-state index in [0.29, 0.717) is 17.2 Å². The van der Waals surface area contributed by atoms with E-state index in [4.69, 9.17) is 17.0 Å². The number of hydrogen-bond donors (Lipinski definition) is 1. The molecule has 0 aliphatic heterocycles. The van der Waals surface area contributed by atoms with Crippen molar-refractivity contribution >= 4 is 11.5 Å². The molecule has 1 heterocycles. The topological polar surface area (TPSA) is 65.4 Å². The highest BCUT2D eigenvalue weighted by Crippen LogP contribution is 2.23. The minimum absolute atomic E-state index is 0.231. The Bertz CT molecular complexity index is 572. The summed E-state index contributed by atoms with van der Waals surface area (Å²) in [6.07, 6.45) is 0. The van der Waals surface area contributed by atoms with Crippen molar-refractivity contribution in [3.8, 4) is 17.3 Å². The summed E-state index contributed by atoms with van der Waals surface area (Å²) in [5, 5.41) is 0. The van der Waals surface area contributed by atoms with Gasteiger partial charge in [-0.3, -0.25) is 0 Å². The lowest BCUT2D eigenvalue weighted by molar-refractivity contribution is 0.381. The normalized spacial score (nSPS) is 9.65. The largest absolute Gasteiger partial charge is 0.467 e. The number of hydrogen-bond acceptors (Lipinski definition) is 4. The second-order valence-corrected chi connectivity index (χ2v) is 3.32. The molecule has 0 amide bonds. The van der Waals surface area contributed by atoms with Crippen molar-refractivity contribution in [1.82, 2.24) is 9.97 Å². The van der Waals surface area contributed by atoms with Crippen LogP contribution in [0.25, 0.3) is 16.1 Å². The fraction of sp³-hybridized carbons (Fsp3) is 0.0833. The Morgan fingerprint density at radius 1 is 1.24 bits per heavy atom. The molecular weight excluding hydrogens is 216 g/mol. The van der Waals surface area contributed by atoms with Gasteiger partial charge in [0.1, 0.15) is 5.82 Å². The zero-order valence-corrected chi connectivity index (χ0v) is 9.21. The number of anilines is 1. The number of rotatable bonds is 2. The van der Waals surface area contributed by atoms with Gasteiger partial charge in [0.05, 0.1) is 19.4 Å². The summed E-state index contributed by atoms with van der Waals surface area (Å²) in [5.74, 6) is 0.348. The van der Waals surface area contributed by atoms with Gasteiger partial charge >= 0.3 is 6.01 Å². The summed E-state index contributed by atoms with van der Waals surface area (Å²) in [6.45, 7) is 6.88.